The van der Waals surface area contributed by atoms with E-state index >= 15 is 0 Å². The molecule has 0 saturated carbocycles. The zero-order valence-electron chi connectivity index (χ0n) is 32.0. The summed E-state index contributed by atoms with van der Waals surface area (Å²) < 4.78 is 5.06. The van der Waals surface area contributed by atoms with E-state index in [4.69, 9.17) is 97.8 Å². The number of aliphatic hydroxyl groups excluding tert-OH is 1. The summed E-state index contributed by atoms with van der Waals surface area (Å²) in [5.74, 6) is 0. The number of hydrogen-bond acceptors (Lipinski definition) is 20. The molecule has 20 heteroatoms. The van der Waals surface area contributed by atoms with Gasteiger partial charge in [-0.3, -0.25) is 0 Å². The zero-order chi connectivity index (χ0) is 38.3. The maximum absolute atomic E-state index is 8.88. The summed E-state index contributed by atoms with van der Waals surface area (Å²) in [7, 11) is 1.59. The largest absolute Gasteiger partial charge is 0.394 e. The summed E-state index contributed by atoms with van der Waals surface area (Å²) in [6.07, 6.45) is -3.83. The third-order valence-electron chi connectivity index (χ3n) is 5.47. The molecule has 0 aliphatic rings. The van der Waals surface area contributed by atoms with Gasteiger partial charge in [0.15, 0.2) is 0 Å². The minimum Gasteiger partial charge on any atom is -0.394 e. The molecule has 0 heterocycles. The highest BCUT2D eigenvalue weighted by atomic mass is 17.3. The van der Waals surface area contributed by atoms with Crippen molar-refractivity contribution in [3.8, 4) is 0 Å². The highest BCUT2D eigenvalue weighted by molar-refractivity contribution is 4.49. The van der Waals surface area contributed by atoms with Crippen LogP contribution in [0.3, 0.4) is 0 Å². The number of hydrogen-bond donors (Lipinski definition) is 1. The van der Waals surface area contributed by atoms with Crippen LogP contribution in [0.25, 0.3) is 0 Å². The fourth-order valence-electron chi connectivity index (χ4n) is 2.58. The molecule has 0 amide bonds. The van der Waals surface area contributed by atoms with Crippen molar-refractivity contribution in [1.82, 2.24) is 0 Å². The minimum absolute atomic E-state index is 0.0754. The first-order chi connectivity index (χ1) is 24.4. The molecule has 0 rings (SSSR count). The molecule has 0 radical (unpaired) electrons. The molecular formula is C31H64O20. The summed E-state index contributed by atoms with van der Waals surface area (Å²) in [5.41, 5.74) is 0. The van der Waals surface area contributed by atoms with Gasteiger partial charge >= 0.3 is 0 Å². The third kappa shape index (κ3) is 33.5. The van der Waals surface area contributed by atoms with E-state index in [2.05, 4.69) is 0 Å². The number of rotatable bonds is 38. The van der Waals surface area contributed by atoms with E-state index in [9.17, 15) is 0 Å². The monoisotopic (exact) mass is 756 g/mol. The first-order valence-corrected chi connectivity index (χ1v) is 17.0. The second-order valence-corrected chi connectivity index (χ2v) is 12.0. The molecule has 0 bridgehead atoms. The standard InChI is InChI=1S/C31H64O20/c1-22(12-32)43-35-14-24(3)45-37-16-26(5)47-39-18-28(7)49-41-20-30(9)51-42-21-31(10)50-40-19-29(8)48-38-17-27(6)46-36-15-25(4)44-34-13-23(2)33-11/h22-32H,12-21H2,1-11H3. The van der Waals surface area contributed by atoms with E-state index in [0.717, 1.165) is 0 Å². The lowest BCUT2D eigenvalue weighted by molar-refractivity contribution is -0.415. The molecule has 0 fully saturated rings. The van der Waals surface area contributed by atoms with Crippen LogP contribution in [-0.2, 0) is 92.7 Å². The number of ether oxygens (including phenoxy) is 1. The Hall–Kier alpha value is -0.800. The van der Waals surface area contributed by atoms with Gasteiger partial charge in [0.1, 0.15) is 114 Å². The molecule has 0 saturated heterocycles. The summed E-state index contributed by atoms with van der Waals surface area (Å²) in [4.78, 5) is 92.6. The van der Waals surface area contributed by atoms with Crippen molar-refractivity contribution in [3.05, 3.63) is 0 Å². The lowest BCUT2D eigenvalue weighted by Crippen LogP contribution is -2.26. The lowest BCUT2D eigenvalue weighted by Gasteiger charge is -2.18. The molecule has 10 atom stereocenters. The first-order valence-electron chi connectivity index (χ1n) is 17.0. The Morgan fingerprint density at radius 2 is 0.431 bits per heavy atom. The molecule has 1 N–H and O–H groups in total. The second-order valence-electron chi connectivity index (χ2n) is 12.0. The molecule has 0 aromatic heterocycles. The Bertz CT molecular complexity index is 685. The normalized spacial score (nSPS) is 18.1. The van der Waals surface area contributed by atoms with E-state index in [1.54, 1.807) is 69.4 Å². The van der Waals surface area contributed by atoms with Crippen LogP contribution in [-0.4, -0.2) is 139 Å². The highest BCUT2D eigenvalue weighted by Crippen LogP contribution is 2.05. The fraction of sp³-hybridized carbons (Fsp3) is 1.00. The van der Waals surface area contributed by atoms with Gasteiger partial charge in [-0.05, 0) is 69.2 Å². The average Bonchev–Trinajstić information content (AvgIpc) is 3.08. The van der Waals surface area contributed by atoms with Gasteiger partial charge in [0.25, 0.3) is 0 Å². The van der Waals surface area contributed by atoms with Crippen LogP contribution in [0.5, 0.6) is 0 Å². The van der Waals surface area contributed by atoms with Crippen molar-refractivity contribution < 1.29 is 97.8 Å². The van der Waals surface area contributed by atoms with E-state index < -0.39 is 48.8 Å². The topological polar surface area (TPSA) is 196 Å². The predicted molar refractivity (Wildman–Crippen MR) is 172 cm³/mol. The summed E-state index contributed by atoms with van der Waals surface area (Å²) >= 11 is 0. The van der Waals surface area contributed by atoms with Gasteiger partial charge in [-0.1, -0.05) is 0 Å². The highest BCUT2D eigenvalue weighted by Gasteiger charge is 2.15. The third-order valence-corrected chi connectivity index (χ3v) is 5.47. The summed E-state index contributed by atoms with van der Waals surface area (Å²) in [6, 6.07) is 0. The quantitative estimate of drug-likeness (QED) is 0.0712. The van der Waals surface area contributed by atoms with Gasteiger partial charge in [-0.25, -0.2) is 88.0 Å². The van der Waals surface area contributed by atoms with Gasteiger partial charge in [0, 0.05) is 7.11 Å². The Labute approximate surface area is 301 Å². The van der Waals surface area contributed by atoms with Crippen molar-refractivity contribution in [2.45, 2.75) is 130 Å². The molecular weight excluding hydrogens is 692 g/mol. The van der Waals surface area contributed by atoms with Crippen LogP contribution >= 0.6 is 0 Å². The molecule has 20 nitrogen and oxygen atoms in total. The van der Waals surface area contributed by atoms with E-state index in [1.165, 1.54) is 0 Å². The fourth-order valence-corrected chi connectivity index (χ4v) is 2.58. The van der Waals surface area contributed by atoms with Gasteiger partial charge in [-0.2, -0.15) is 0 Å². The van der Waals surface area contributed by atoms with Crippen LogP contribution < -0.4 is 0 Å². The van der Waals surface area contributed by atoms with Gasteiger partial charge < -0.3 is 9.84 Å². The van der Waals surface area contributed by atoms with Gasteiger partial charge in [-0.15, -0.1) is 0 Å². The SMILES string of the molecule is COC(C)COOC(C)COOC(C)COOC(C)COOC(C)COOC(C)COOC(C)COOC(C)COOC(C)COOC(C)CO. The van der Waals surface area contributed by atoms with Crippen molar-refractivity contribution in [2.24, 2.45) is 0 Å². The second kappa shape index (κ2) is 33.7. The molecule has 0 spiro atoms. The molecule has 0 aromatic rings. The van der Waals surface area contributed by atoms with Crippen LogP contribution in [0.15, 0.2) is 0 Å². The summed E-state index contributed by atoms with van der Waals surface area (Å²) in [6.45, 7) is 18.5. The van der Waals surface area contributed by atoms with Crippen molar-refractivity contribution in [3.63, 3.8) is 0 Å². The molecule has 0 aliphatic heterocycles. The smallest absolute Gasteiger partial charge is 0.117 e. The van der Waals surface area contributed by atoms with Crippen LogP contribution in [0, 0.1) is 0 Å². The predicted octanol–water partition coefficient (Wildman–Crippen LogP) is 3.04. The molecule has 0 aliphatic carbocycles. The molecule has 308 valence electrons. The van der Waals surface area contributed by atoms with Crippen LogP contribution in [0.1, 0.15) is 69.2 Å². The molecule has 51 heavy (non-hydrogen) atoms. The van der Waals surface area contributed by atoms with Crippen molar-refractivity contribution in [1.29, 1.82) is 0 Å². The van der Waals surface area contributed by atoms with Gasteiger partial charge in [0.05, 0.1) is 12.7 Å². The molecule has 10 unspecified atom stereocenters. The van der Waals surface area contributed by atoms with E-state index in [1.807, 2.05) is 6.92 Å². The minimum atomic E-state index is -0.444. The van der Waals surface area contributed by atoms with Crippen molar-refractivity contribution >= 4 is 0 Å². The zero-order valence-corrected chi connectivity index (χ0v) is 32.0. The maximum Gasteiger partial charge on any atom is 0.117 e. The van der Waals surface area contributed by atoms with Crippen LogP contribution in [0.2, 0.25) is 0 Å². The number of methoxy groups -OCH3 is 1. The summed E-state index contributed by atoms with van der Waals surface area (Å²) in [5, 5.41) is 8.88. The van der Waals surface area contributed by atoms with Crippen LogP contribution in [0.4, 0.5) is 0 Å². The average molecular weight is 757 g/mol. The lowest BCUT2D eigenvalue weighted by atomic mass is 10.4. The van der Waals surface area contributed by atoms with E-state index in [-0.39, 0.29) is 71.7 Å². The Kier molecular flexibility index (Phi) is 33.2. The molecule has 0 aromatic carbocycles. The Balaban J connectivity index is 3.72. The Morgan fingerprint density at radius 1 is 0.275 bits per heavy atom. The Morgan fingerprint density at radius 3 is 0.588 bits per heavy atom. The van der Waals surface area contributed by atoms with E-state index in [0.29, 0.717) is 6.61 Å². The maximum atomic E-state index is 8.88. The number of aliphatic hydroxyl groups is 1. The van der Waals surface area contributed by atoms with Gasteiger partial charge in [0.2, 0.25) is 0 Å². The van der Waals surface area contributed by atoms with Crippen molar-refractivity contribution in [2.75, 3.05) is 73.2 Å². The first kappa shape index (κ1) is 50.2.